The second-order valence-electron chi connectivity index (χ2n) is 7.57. The van der Waals surface area contributed by atoms with E-state index in [2.05, 4.69) is 5.32 Å². The number of carbonyl (C=O) groups excluding carboxylic acids is 1. The monoisotopic (exact) mass is 404 g/mol. The number of nitrogens with zero attached hydrogens (tertiary/aromatic N) is 3. The predicted octanol–water partition coefficient (Wildman–Crippen LogP) is 3.74. The van der Waals surface area contributed by atoms with Gasteiger partial charge < -0.3 is 15.0 Å². The lowest BCUT2D eigenvalue weighted by Gasteiger charge is -2.20. The van der Waals surface area contributed by atoms with Crippen molar-refractivity contribution in [2.75, 3.05) is 0 Å². The number of rotatable bonds is 7. The summed E-state index contributed by atoms with van der Waals surface area (Å²) in [5.41, 5.74) is 4.09. The van der Waals surface area contributed by atoms with Crippen LogP contribution >= 0.6 is 0 Å². The van der Waals surface area contributed by atoms with Gasteiger partial charge in [-0.15, -0.1) is 0 Å². The molecule has 0 radical (unpaired) electrons. The third kappa shape index (κ3) is 3.58. The summed E-state index contributed by atoms with van der Waals surface area (Å²) in [4.78, 5) is 33.6. The second-order valence-corrected chi connectivity index (χ2v) is 7.57. The molecule has 2 aromatic carbocycles. The van der Waals surface area contributed by atoms with E-state index in [9.17, 15) is 14.7 Å². The highest BCUT2D eigenvalue weighted by molar-refractivity contribution is 6.06. The van der Waals surface area contributed by atoms with Gasteiger partial charge in [0.25, 0.3) is 0 Å². The summed E-state index contributed by atoms with van der Waals surface area (Å²) in [6.07, 6.45) is 0.829. The fraction of sp³-hybridized carbons (Fsp3) is 0.304. The summed E-state index contributed by atoms with van der Waals surface area (Å²) in [6.45, 7) is 4.12. The number of para-hydroxylation sites is 3. The minimum Gasteiger partial charge on any atom is -0.480 e. The van der Waals surface area contributed by atoms with Crippen molar-refractivity contribution in [2.24, 2.45) is 5.92 Å². The van der Waals surface area contributed by atoms with Crippen molar-refractivity contribution < 1.29 is 14.7 Å². The predicted molar refractivity (Wildman–Crippen MR) is 116 cm³/mol. The van der Waals surface area contributed by atoms with Gasteiger partial charge in [0.1, 0.15) is 11.6 Å². The highest BCUT2D eigenvalue weighted by Crippen LogP contribution is 2.28. The molecule has 0 aliphatic heterocycles. The lowest BCUT2D eigenvalue weighted by Crippen LogP contribution is -2.45. The zero-order valence-corrected chi connectivity index (χ0v) is 17.0. The van der Waals surface area contributed by atoms with E-state index in [0.717, 1.165) is 33.1 Å². The summed E-state index contributed by atoms with van der Waals surface area (Å²) < 4.78 is 1.99. The van der Waals surface area contributed by atoms with E-state index in [1.165, 1.54) is 0 Å². The average molecular weight is 404 g/mol. The molecule has 0 aliphatic rings. The second kappa shape index (κ2) is 8.10. The number of aryl methyl sites for hydroxylation is 1. The zero-order chi connectivity index (χ0) is 21.3. The average Bonchev–Trinajstić information content (AvgIpc) is 3.06. The number of fused-ring (bicyclic) bond motifs is 4. The minimum absolute atomic E-state index is 0.142. The van der Waals surface area contributed by atoms with Crippen LogP contribution in [0.2, 0.25) is 0 Å². The van der Waals surface area contributed by atoms with Gasteiger partial charge in [-0.1, -0.05) is 50.6 Å². The van der Waals surface area contributed by atoms with E-state index in [1.54, 1.807) is 0 Å². The molecule has 2 atom stereocenters. The highest BCUT2D eigenvalue weighted by Gasteiger charge is 2.25. The summed E-state index contributed by atoms with van der Waals surface area (Å²) in [5.74, 6) is -1.44. The van der Waals surface area contributed by atoms with Crippen molar-refractivity contribution in [3.63, 3.8) is 0 Å². The van der Waals surface area contributed by atoms with E-state index in [0.29, 0.717) is 13.0 Å². The number of hydrogen-bond donors (Lipinski definition) is 2. The molecular formula is C23H24N4O3. The van der Waals surface area contributed by atoms with Crippen molar-refractivity contribution in [1.82, 2.24) is 19.9 Å². The Morgan fingerprint density at radius 2 is 1.73 bits per heavy atom. The molecule has 0 spiro atoms. The van der Waals surface area contributed by atoms with Crippen LogP contribution in [0.25, 0.3) is 33.1 Å². The Hall–Kier alpha value is -3.48. The molecule has 0 saturated heterocycles. The molecule has 7 heteroatoms. The number of carboxylic acid groups (broad SMARTS) is 1. The number of hydrogen-bond acceptors (Lipinski definition) is 4. The number of carbonyl (C=O) groups is 2. The van der Waals surface area contributed by atoms with Crippen molar-refractivity contribution in [2.45, 2.75) is 39.3 Å². The maximum Gasteiger partial charge on any atom is 0.326 e. The van der Waals surface area contributed by atoms with Gasteiger partial charge in [0.15, 0.2) is 5.65 Å². The van der Waals surface area contributed by atoms with Crippen molar-refractivity contribution in [1.29, 1.82) is 0 Å². The molecule has 2 aromatic heterocycles. The molecule has 4 rings (SSSR count). The van der Waals surface area contributed by atoms with E-state index in [4.69, 9.17) is 9.97 Å². The van der Waals surface area contributed by atoms with Crippen LogP contribution in [-0.2, 0) is 16.1 Å². The van der Waals surface area contributed by atoms with Crippen LogP contribution in [0.5, 0.6) is 0 Å². The molecule has 1 amide bonds. The van der Waals surface area contributed by atoms with Crippen LogP contribution in [0.4, 0.5) is 0 Å². The molecular weight excluding hydrogens is 380 g/mol. The standard InChI is InChI=1S/C23H24N4O3/c1-3-14(2)20(23(29)30)26-19(28)12-13-27-18-11-7-4-8-15(18)21-22(27)25-17-10-6-5-9-16(17)24-21/h4-11,14,20H,3,12-13H2,1-2H3,(H,26,28)(H,29,30). The lowest BCUT2D eigenvalue weighted by molar-refractivity contribution is -0.143. The van der Waals surface area contributed by atoms with Gasteiger partial charge >= 0.3 is 5.97 Å². The van der Waals surface area contributed by atoms with Crippen LogP contribution < -0.4 is 5.32 Å². The Bertz CT molecular complexity index is 1250. The molecule has 0 bridgehead atoms. The first-order valence-electron chi connectivity index (χ1n) is 10.2. The molecule has 2 N–H and O–H groups in total. The van der Waals surface area contributed by atoms with Crippen LogP contribution in [0.1, 0.15) is 26.7 Å². The first kappa shape index (κ1) is 19.8. The van der Waals surface area contributed by atoms with Crippen molar-refractivity contribution in [3.05, 3.63) is 48.5 Å². The van der Waals surface area contributed by atoms with Crippen molar-refractivity contribution >= 4 is 45.0 Å². The summed E-state index contributed by atoms with van der Waals surface area (Å²) in [5, 5.41) is 13.1. The number of carboxylic acids is 1. The number of nitrogens with one attached hydrogen (secondary N) is 1. The third-order valence-corrected chi connectivity index (χ3v) is 5.62. The fourth-order valence-corrected chi connectivity index (χ4v) is 3.75. The number of amides is 1. The Balaban J connectivity index is 1.67. The number of aliphatic carboxylic acids is 1. The van der Waals surface area contributed by atoms with Gasteiger partial charge in [0, 0.05) is 18.4 Å². The van der Waals surface area contributed by atoms with Crippen LogP contribution in [-0.4, -0.2) is 37.6 Å². The number of benzene rings is 2. The molecule has 2 unspecified atom stereocenters. The topological polar surface area (TPSA) is 97.1 Å². The van der Waals surface area contributed by atoms with E-state index in [1.807, 2.05) is 66.9 Å². The Morgan fingerprint density at radius 3 is 2.43 bits per heavy atom. The summed E-state index contributed by atoms with van der Waals surface area (Å²) in [7, 11) is 0. The lowest BCUT2D eigenvalue weighted by atomic mass is 9.99. The minimum atomic E-state index is -1.01. The molecule has 7 nitrogen and oxygen atoms in total. The van der Waals surface area contributed by atoms with Crippen LogP contribution in [0, 0.1) is 5.92 Å². The maximum atomic E-state index is 12.5. The first-order valence-corrected chi connectivity index (χ1v) is 10.2. The molecule has 0 aliphatic carbocycles. The van der Waals surface area contributed by atoms with Gasteiger partial charge in [0.2, 0.25) is 5.91 Å². The molecule has 30 heavy (non-hydrogen) atoms. The molecule has 154 valence electrons. The maximum absolute atomic E-state index is 12.5. The third-order valence-electron chi connectivity index (χ3n) is 5.62. The van der Waals surface area contributed by atoms with Crippen molar-refractivity contribution in [3.8, 4) is 0 Å². The van der Waals surface area contributed by atoms with E-state index in [-0.39, 0.29) is 18.2 Å². The largest absolute Gasteiger partial charge is 0.480 e. The first-order chi connectivity index (χ1) is 14.5. The van der Waals surface area contributed by atoms with Gasteiger partial charge in [-0.25, -0.2) is 14.8 Å². The number of aromatic nitrogens is 3. The summed E-state index contributed by atoms with van der Waals surface area (Å²) in [6, 6.07) is 14.7. The highest BCUT2D eigenvalue weighted by atomic mass is 16.4. The quantitative estimate of drug-likeness (QED) is 0.489. The SMILES string of the molecule is CCC(C)C(NC(=O)CCn1c2ccccc2c2nc3ccccc3nc21)C(=O)O. The normalized spacial score (nSPS) is 13.5. The van der Waals surface area contributed by atoms with E-state index >= 15 is 0 Å². The van der Waals surface area contributed by atoms with Crippen LogP contribution in [0.15, 0.2) is 48.5 Å². The van der Waals surface area contributed by atoms with Crippen LogP contribution in [0.3, 0.4) is 0 Å². The van der Waals surface area contributed by atoms with Gasteiger partial charge in [-0.3, -0.25) is 4.79 Å². The zero-order valence-electron chi connectivity index (χ0n) is 17.0. The smallest absolute Gasteiger partial charge is 0.326 e. The van der Waals surface area contributed by atoms with E-state index < -0.39 is 12.0 Å². The van der Waals surface area contributed by atoms with Gasteiger partial charge in [-0.2, -0.15) is 0 Å². The Kier molecular flexibility index (Phi) is 5.35. The molecule has 2 heterocycles. The molecule has 0 saturated carbocycles. The van der Waals surface area contributed by atoms with Gasteiger partial charge in [0.05, 0.1) is 16.6 Å². The molecule has 4 aromatic rings. The fourth-order valence-electron chi connectivity index (χ4n) is 3.75. The Labute approximate surface area is 173 Å². The summed E-state index contributed by atoms with van der Waals surface area (Å²) >= 11 is 0. The Morgan fingerprint density at radius 1 is 1.07 bits per heavy atom. The molecule has 0 fully saturated rings. The van der Waals surface area contributed by atoms with Gasteiger partial charge in [-0.05, 0) is 24.1 Å².